The van der Waals surface area contributed by atoms with Crippen LogP contribution in [0.4, 0.5) is 0 Å². The van der Waals surface area contributed by atoms with Gasteiger partial charge in [-0.2, -0.15) is 0 Å². The standard InChI is InChI=1S/C50H74N2O8/c1-31(2)41-42-33(43(44(41)56)35(53)29-51(28-32-13-11-10-12-14-32)30-39(54)52-23-25-59-26-24-52)17-21-49(8)34(42)15-16-37-48(7)20-19-38(60-40(55)27-46(3,4)45(57)58)47(5,6)36(48)18-22-50(37,49)9/h10-14,31,33-38,43,53H,15-30H2,1-9H3,(H,57,58)/t33?,34-,35+,36+,37-,38+,43?,48+,49-,50-/m1/s1. The van der Waals surface area contributed by atoms with Crippen molar-refractivity contribution < 1.29 is 38.9 Å². The maximum atomic E-state index is 14.8. The number of allylic oxidation sites excluding steroid dienone is 2. The number of aliphatic carboxylic acids is 1. The number of ether oxygens (including phenoxy) is 2. The molecular weight excluding hydrogens is 757 g/mol. The Hall–Kier alpha value is -3.08. The summed E-state index contributed by atoms with van der Waals surface area (Å²) >= 11 is 0. The number of benzene rings is 1. The highest BCUT2D eigenvalue weighted by Crippen LogP contribution is 2.76. The molecule has 2 unspecified atom stereocenters. The molecule has 2 N–H and O–H groups in total. The van der Waals surface area contributed by atoms with Crippen LogP contribution in [-0.2, 0) is 35.2 Å². The van der Waals surface area contributed by atoms with E-state index in [9.17, 15) is 29.4 Å². The van der Waals surface area contributed by atoms with Gasteiger partial charge in [0, 0.05) is 31.6 Å². The highest BCUT2D eigenvalue weighted by Gasteiger charge is 2.69. The van der Waals surface area contributed by atoms with Crippen LogP contribution in [-0.4, -0.2) is 95.2 Å². The highest BCUT2D eigenvalue weighted by molar-refractivity contribution is 6.02. The molecule has 0 bridgehead atoms. The second-order valence-electron chi connectivity index (χ2n) is 22.1. The first kappa shape index (κ1) is 45.0. The topological polar surface area (TPSA) is 134 Å². The fourth-order valence-corrected chi connectivity index (χ4v) is 14.4. The van der Waals surface area contributed by atoms with Gasteiger partial charge in [-0.15, -0.1) is 0 Å². The zero-order valence-electron chi connectivity index (χ0n) is 38.1. The van der Waals surface area contributed by atoms with E-state index in [-0.39, 0.29) is 76.7 Å². The number of hydrogen-bond donors (Lipinski definition) is 2. The van der Waals surface area contributed by atoms with Crippen LogP contribution in [0.3, 0.4) is 0 Å². The zero-order chi connectivity index (χ0) is 43.6. The number of carbonyl (C=O) groups is 4. The van der Waals surface area contributed by atoms with Gasteiger partial charge in [-0.25, -0.2) is 0 Å². The summed E-state index contributed by atoms with van der Waals surface area (Å²) in [5.41, 5.74) is 1.98. The number of morpholine rings is 1. The van der Waals surface area contributed by atoms with E-state index >= 15 is 0 Å². The van der Waals surface area contributed by atoms with Gasteiger partial charge >= 0.3 is 11.9 Å². The van der Waals surface area contributed by atoms with Crippen LogP contribution in [0.15, 0.2) is 41.5 Å². The molecule has 1 aromatic carbocycles. The molecule has 5 fully saturated rings. The van der Waals surface area contributed by atoms with Gasteiger partial charge in [-0.05, 0) is 122 Å². The molecule has 1 saturated heterocycles. The minimum atomic E-state index is -1.18. The Morgan fingerprint density at radius 3 is 2.23 bits per heavy atom. The summed E-state index contributed by atoms with van der Waals surface area (Å²) in [6, 6.07) is 10.1. The second-order valence-corrected chi connectivity index (χ2v) is 22.1. The summed E-state index contributed by atoms with van der Waals surface area (Å²) in [5.74, 6) is -0.654. The average Bonchev–Trinajstić information content (AvgIpc) is 3.48. The van der Waals surface area contributed by atoms with Gasteiger partial charge in [0.2, 0.25) is 5.91 Å². The maximum Gasteiger partial charge on any atom is 0.309 e. The first-order valence-electron chi connectivity index (χ1n) is 23.2. The van der Waals surface area contributed by atoms with Gasteiger partial charge in [-0.3, -0.25) is 24.1 Å². The zero-order valence-corrected chi connectivity index (χ0v) is 38.1. The number of carboxylic acids is 1. The number of aliphatic hydroxyl groups excluding tert-OH is 1. The Balaban J connectivity index is 1.11. The summed E-state index contributed by atoms with van der Waals surface area (Å²) in [6.07, 6.45) is 6.51. The van der Waals surface area contributed by atoms with Crippen LogP contribution < -0.4 is 0 Å². The van der Waals surface area contributed by atoms with E-state index in [1.807, 2.05) is 28.0 Å². The van der Waals surface area contributed by atoms with Gasteiger partial charge in [0.15, 0.2) is 5.78 Å². The molecule has 1 aromatic rings. The van der Waals surface area contributed by atoms with Crippen molar-refractivity contribution in [2.75, 3.05) is 39.4 Å². The molecule has 10 heteroatoms. The molecule has 1 heterocycles. The molecule has 0 spiro atoms. The molecular formula is C50H74N2O8. The molecule has 4 saturated carbocycles. The number of fused-ring (bicyclic) bond motifs is 7. The SMILES string of the molecule is CC(C)C1=C2C(CC[C@]3(C)[C@@H]2CC[C@@H]2[C@@]4(C)CC[C@H](OC(=O)CC(C)(C)C(=O)O)C(C)(C)[C@@H]4CC[C@]23C)C([C@@H](O)CN(CC(=O)N2CCOCC2)Cc2ccccc2)C1=O. The van der Waals surface area contributed by atoms with Crippen LogP contribution in [0, 0.1) is 62.6 Å². The van der Waals surface area contributed by atoms with Crippen molar-refractivity contribution >= 4 is 23.6 Å². The van der Waals surface area contributed by atoms with Gasteiger partial charge < -0.3 is 24.6 Å². The lowest BCUT2D eigenvalue weighted by molar-refractivity contribution is -0.232. The quantitative estimate of drug-likeness (QED) is 0.201. The Kier molecular flexibility index (Phi) is 12.4. The number of hydrogen-bond acceptors (Lipinski definition) is 8. The van der Waals surface area contributed by atoms with E-state index in [4.69, 9.17) is 9.47 Å². The van der Waals surface area contributed by atoms with E-state index in [2.05, 4.69) is 60.6 Å². The molecule has 7 rings (SSSR count). The minimum absolute atomic E-state index is 0.00117. The second kappa shape index (κ2) is 16.6. The van der Waals surface area contributed by atoms with Crippen LogP contribution in [0.1, 0.15) is 126 Å². The number of esters is 1. The molecule has 0 radical (unpaired) electrons. The number of rotatable bonds is 12. The number of ketones is 1. The van der Waals surface area contributed by atoms with Gasteiger partial charge in [-0.1, -0.05) is 84.4 Å². The fourth-order valence-electron chi connectivity index (χ4n) is 14.4. The van der Waals surface area contributed by atoms with E-state index in [0.717, 1.165) is 62.5 Å². The van der Waals surface area contributed by atoms with Crippen molar-refractivity contribution in [2.24, 2.45) is 62.6 Å². The Morgan fingerprint density at radius 1 is 0.917 bits per heavy atom. The number of Topliss-reactive ketones (excluding diaryl/α,β-unsaturated/α-hetero) is 1. The molecule has 10 nitrogen and oxygen atoms in total. The van der Waals surface area contributed by atoms with E-state index < -0.39 is 29.4 Å². The van der Waals surface area contributed by atoms with E-state index in [1.165, 1.54) is 5.57 Å². The van der Waals surface area contributed by atoms with Crippen molar-refractivity contribution in [1.29, 1.82) is 0 Å². The Bertz CT molecular complexity index is 1830. The highest BCUT2D eigenvalue weighted by atomic mass is 16.5. The van der Waals surface area contributed by atoms with Crippen LogP contribution in [0.5, 0.6) is 0 Å². The molecule has 1 amide bonds. The third-order valence-electron chi connectivity index (χ3n) is 17.7. The third kappa shape index (κ3) is 7.71. The smallest absolute Gasteiger partial charge is 0.309 e. The van der Waals surface area contributed by atoms with Crippen LogP contribution in [0.2, 0.25) is 0 Å². The summed E-state index contributed by atoms with van der Waals surface area (Å²) in [5, 5.41) is 22.0. The van der Waals surface area contributed by atoms with Gasteiger partial charge in [0.05, 0.1) is 43.6 Å². The van der Waals surface area contributed by atoms with Crippen molar-refractivity contribution in [3.63, 3.8) is 0 Å². The Labute approximate surface area is 359 Å². The molecule has 1 aliphatic heterocycles. The minimum Gasteiger partial charge on any atom is -0.481 e. The number of amides is 1. The van der Waals surface area contributed by atoms with Gasteiger partial charge in [0.1, 0.15) is 6.10 Å². The molecule has 6 aliphatic rings. The largest absolute Gasteiger partial charge is 0.481 e. The Morgan fingerprint density at radius 2 is 1.58 bits per heavy atom. The summed E-state index contributed by atoms with van der Waals surface area (Å²) in [4.78, 5) is 57.3. The summed E-state index contributed by atoms with van der Waals surface area (Å²) in [7, 11) is 0. The lowest BCUT2D eigenvalue weighted by atomic mass is 9.33. The van der Waals surface area contributed by atoms with Gasteiger partial charge in [0.25, 0.3) is 0 Å². The van der Waals surface area contributed by atoms with Crippen molar-refractivity contribution in [1.82, 2.24) is 9.80 Å². The van der Waals surface area contributed by atoms with Crippen molar-refractivity contribution in [2.45, 2.75) is 139 Å². The molecule has 10 atom stereocenters. The predicted molar refractivity (Wildman–Crippen MR) is 230 cm³/mol. The monoisotopic (exact) mass is 831 g/mol. The number of aliphatic hydroxyl groups is 1. The summed E-state index contributed by atoms with van der Waals surface area (Å²) in [6.45, 7) is 22.7. The molecule has 332 valence electrons. The first-order valence-corrected chi connectivity index (χ1v) is 23.2. The molecule has 60 heavy (non-hydrogen) atoms. The van der Waals surface area contributed by atoms with Crippen molar-refractivity contribution in [3.05, 3.63) is 47.0 Å². The van der Waals surface area contributed by atoms with Crippen LogP contribution in [0.25, 0.3) is 0 Å². The number of carboxylic acid groups (broad SMARTS) is 1. The summed E-state index contributed by atoms with van der Waals surface area (Å²) < 4.78 is 11.7. The predicted octanol–water partition coefficient (Wildman–Crippen LogP) is 7.96. The van der Waals surface area contributed by atoms with Crippen LogP contribution >= 0.6 is 0 Å². The average molecular weight is 831 g/mol. The first-order chi connectivity index (χ1) is 28.2. The lowest BCUT2D eigenvalue weighted by Crippen LogP contribution is -2.65. The normalized spacial score (nSPS) is 35.7. The number of carbonyl (C=O) groups excluding carboxylic acids is 3. The number of nitrogens with zero attached hydrogens (tertiary/aromatic N) is 2. The molecule has 0 aromatic heterocycles. The third-order valence-corrected chi connectivity index (χ3v) is 17.7. The van der Waals surface area contributed by atoms with E-state index in [0.29, 0.717) is 44.7 Å². The maximum absolute atomic E-state index is 14.8. The lowest BCUT2D eigenvalue weighted by Gasteiger charge is -2.71. The fraction of sp³-hybridized carbons (Fsp3) is 0.760. The molecule has 5 aliphatic carbocycles. The van der Waals surface area contributed by atoms with E-state index in [1.54, 1.807) is 13.8 Å². The van der Waals surface area contributed by atoms with Crippen molar-refractivity contribution in [3.8, 4) is 0 Å².